The van der Waals surface area contributed by atoms with E-state index in [0.717, 1.165) is 19.5 Å². The molecule has 1 amide bonds. The zero-order valence-electron chi connectivity index (χ0n) is 9.74. The molecule has 4 nitrogen and oxygen atoms in total. The molecule has 0 saturated carbocycles. The number of likely N-dealkylation sites (tertiary alicyclic amines) is 1. The van der Waals surface area contributed by atoms with Crippen LogP contribution in [0.15, 0.2) is 18.2 Å². The first kappa shape index (κ1) is 11.9. The Morgan fingerprint density at radius 3 is 3.00 bits per heavy atom. The minimum Gasteiger partial charge on any atom is -0.399 e. The maximum absolute atomic E-state index is 13.4. The number of nitrogen functional groups attached to an aromatic ring is 1. The Morgan fingerprint density at radius 2 is 2.35 bits per heavy atom. The number of carbonyl (C=O) groups excluding carboxylic acids is 1. The summed E-state index contributed by atoms with van der Waals surface area (Å²) < 4.78 is 13.4. The molecule has 17 heavy (non-hydrogen) atoms. The zero-order valence-corrected chi connectivity index (χ0v) is 9.74. The lowest BCUT2D eigenvalue weighted by atomic mass is 10.1. The van der Waals surface area contributed by atoms with E-state index in [9.17, 15) is 9.18 Å². The van der Waals surface area contributed by atoms with Crippen molar-refractivity contribution in [3.63, 3.8) is 0 Å². The van der Waals surface area contributed by atoms with Gasteiger partial charge < -0.3 is 16.0 Å². The molecule has 1 heterocycles. The maximum Gasteiger partial charge on any atom is 0.254 e. The smallest absolute Gasteiger partial charge is 0.254 e. The maximum atomic E-state index is 13.4. The molecule has 1 aliphatic rings. The Kier molecular flexibility index (Phi) is 3.28. The van der Waals surface area contributed by atoms with Crippen LogP contribution < -0.4 is 11.1 Å². The number of amides is 1. The molecule has 1 aromatic rings. The fourth-order valence-corrected chi connectivity index (χ4v) is 2.03. The van der Waals surface area contributed by atoms with Crippen molar-refractivity contribution >= 4 is 11.6 Å². The monoisotopic (exact) mass is 237 g/mol. The van der Waals surface area contributed by atoms with E-state index in [1.54, 1.807) is 0 Å². The van der Waals surface area contributed by atoms with Gasteiger partial charge in [0.2, 0.25) is 0 Å². The number of nitrogens with zero attached hydrogens (tertiary/aromatic N) is 1. The predicted molar refractivity (Wildman–Crippen MR) is 64.2 cm³/mol. The van der Waals surface area contributed by atoms with Crippen LogP contribution in [0.1, 0.15) is 16.8 Å². The molecular weight excluding hydrogens is 221 g/mol. The number of likely N-dealkylation sites (N-methyl/N-ethyl adjacent to an activating group) is 1. The van der Waals surface area contributed by atoms with Crippen LogP contribution in [0.3, 0.4) is 0 Å². The van der Waals surface area contributed by atoms with Crippen molar-refractivity contribution in [2.75, 3.05) is 25.9 Å². The van der Waals surface area contributed by atoms with Crippen molar-refractivity contribution < 1.29 is 9.18 Å². The number of anilines is 1. The van der Waals surface area contributed by atoms with Gasteiger partial charge in [0.05, 0.1) is 5.56 Å². The van der Waals surface area contributed by atoms with Crippen LogP contribution in [-0.4, -0.2) is 37.0 Å². The SMILES string of the molecule is CN1CCC(NC(=O)c2cc(N)ccc2F)C1. The summed E-state index contributed by atoms with van der Waals surface area (Å²) in [6.07, 6.45) is 0.895. The van der Waals surface area contributed by atoms with Crippen molar-refractivity contribution in [2.24, 2.45) is 0 Å². The molecule has 3 N–H and O–H groups in total. The van der Waals surface area contributed by atoms with Gasteiger partial charge in [0.1, 0.15) is 5.82 Å². The van der Waals surface area contributed by atoms with Crippen LogP contribution in [0, 0.1) is 5.82 Å². The fourth-order valence-electron chi connectivity index (χ4n) is 2.03. The van der Waals surface area contributed by atoms with Gasteiger partial charge >= 0.3 is 0 Å². The van der Waals surface area contributed by atoms with E-state index in [2.05, 4.69) is 10.2 Å². The average molecular weight is 237 g/mol. The van der Waals surface area contributed by atoms with Crippen molar-refractivity contribution in [1.82, 2.24) is 10.2 Å². The predicted octanol–water partition coefficient (Wildman–Crippen LogP) is 0.842. The highest BCUT2D eigenvalue weighted by Gasteiger charge is 2.22. The molecule has 1 fully saturated rings. The molecule has 1 aliphatic heterocycles. The lowest BCUT2D eigenvalue weighted by molar-refractivity contribution is 0.0934. The lowest BCUT2D eigenvalue weighted by Gasteiger charge is -2.13. The molecule has 92 valence electrons. The second kappa shape index (κ2) is 4.71. The molecular formula is C12H16FN3O. The number of nitrogens with one attached hydrogen (secondary N) is 1. The van der Waals surface area contributed by atoms with Gasteiger partial charge in [-0.3, -0.25) is 4.79 Å². The zero-order chi connectivity index (χ0) is 12.4. The van der Waals surface area contributed by atoms with Crippen LogP contribution in [0.25, 0.3) is 0 Å². The molecule has 0 radical (unpaired) electrons. The Hall–Kier alpha value is -1.62. The van der Waals surface area contributed by atoms with Crippen LogP contribution >= 0.6 is 0 Å². The van der Waals surface area contributed by atoms with Gasteiger partial charge in [-0.15, -0.1) is 0 Å². The van der Waals surface area contributed by atoms with E-state index in [1.807, 2.05) is 7.05 Å². The van der Waals surface area contributed by atoms with Gasteiger partial charge in [-0.2, -0.15) is 0 Å². The first-order valence-corrected chi connectivity index (χ1v) is 5.60. The highest BCUT2D eigenvalue weighted by molar-refractivity contribution is 5.95. The summed E-state index contributed by atoms with van der Waals surface area (Å²) in [6, 6.07) is 4.11. The summed E-state index contributed by atoms with van der Waals surface area (Å²) in [4.78, 5) is 14.0. The molecule has 0 bridgehead atoms. The molecule has 0 spiro atoms. The number of hydrogen-bond acceptors (Lipinski definition) is 3. The normalized spacial score (nSPS) is 20.5. The Morgan fingerprint density at radius 1 is 1.59 bits per heavy atom. The Labute approximate surface area is 99.6 Å². The molecule has 1 unspecified atom stereocenters. The van der Waals surface area contributed by atoms with Gasteiger partial charge in [0.25, 0.3) is 5.91 Å². The summed E-state index contributed by atoms with van der Waals surface area (Å²) in [5.74, 6) is -0.932. The molecule has 0 aromatic heterocycles. The molecule has 1 aromatic carbocycles. The van der Waals surface area contributed by atoms with Gasteiger partial charge in [0.15, 0.2) is 0 Å². The first-order chi connectivity index (χ1) is 8.06. The third-order valence-corrected chi connectivity index (χ3v) is 2.96. The Balaban J connectivity index is 2.06. The van der Waals surface area contributed by atoms with E-state index < -0.39 is 11.7 Å². The number of nitrogens with two attached hydrogens (primary N) is 1. The minimum atomic E-state index is -0.539. The third kappa shape index (κ3) is 2.74. The van der Waals surface area contributed by atoms with E-state index in [0.29, 0.717) is 5.69 Å². The topological polar surface area (TPSA) is 58.4 Å². The van der Waals surface area contributed by atoms with E-state index >= 15 is 0 Å². The van der Waals surface area contributed by atoms with Gasteiger partial charge in [-0.25, -0.2) is 4.39 Å². The number of carbonyl (C=O) groups is 1. The molecule has 2 rings (SSSR count). The highest BCUT2D eigenvalue weighted by Crippen LogP contribution is 2.13. The standard InChI is InChI=1S/C12H16FN3O/c1-16-5-4-9(7-16)15-12(17)10-6-8(14)2-3-11(10)13/h2-3,6,9H,4-5,7,14H2,1H3,(H,15,17). The highest BCUT2D eigenvalue weighted by atomic mass is 19.1. The molecule has 0 aliphatic carbocycles. The number of halogens is 1. The summed E-state index contributed by atoms with van der Waals surface area (Å²) in [5.41, 5.74) is 5.94. The number of rotatable bonds is 2. The Bertz CT molecular complexity index is 436. The van der Waals surface area contributed by atoms with Gasteiger partial charge in [-0.05, 0) is 38.2 Å². The summed E-state index contributed by atoms with van der Waals surface area (Å²) >= 11 is 0. The van der Waals surface area contributed by atoms with Crippen molar-refractivity contribution in [3.05, 3.63) is 29.6 Å². The molecule has 1 saturated heterocycles. The summed E-state index contributed by atoms with van der Waals surface area (Å²) in [7, 11) is 1.99. The second-order valence-corrected chi connectivity index (χ2v) is 4.46. The average Bonchev–Trinajstić information content (AvgIpc) is 2.67. The van der Waals surface area contributed by atoms with Gasteiger partial charge in [-0.1, -0.05) is 0 Å². The summed E-state index contributed by atoms with van der Waals surface area (Å²) in [6.45, 7) is 1.75. The molecule has 5 heteroatoms. The fraction of sp³-hybridized carbons (Fsp3) is 0.417. The van der Waals surface area contributed by atoms with E-state index in [-0.39, 0.29) is 11.6 Å². The number of benzene rings is 1. The first-order valence-electron chi connectivity index (χ1n) is 5.60. The summed E-state index contributed by atoms with van der Waals surface area (Å²) in [5, 5.41) is 2.82. The quantitative estimate of drug-likeness (QED) is 0.749. The lowest BCUT2D eigenvalue weighted by Crippen LogP contribution is -2.36. The number of hydrogen-bond donors (Lipinski definition) is 2. The third-order valence-electron chi connectivity index (χ3n) is 2.96. The van der Waals surface area contributed by atoms with Crippen LogP contribution in [0.2, 0.25) is 0 Å². The van der Waals surface area contributed by atoms with Crippen molar-refractivity contribution in [2.45, 2.75) is 12.5 Å². The van der Waals surface area contributed by atoms with Crippen LogP contribution in [0.5, 0.6) is 0 Å². The largest absolute Gasteiger partial charge is 0.399 e. The van der Waals surface area contributed by atoms with Crippen LogP contribution in [-0.2, 0) is 0 Å². The minimum absolute atomic E-state index is 0.0135. The van der Waals surface area contributed by atoms with Crippen LogP contribution in [0.4, 0.5) is 10.1 Å². The van der Waals surface area contributed by atoms with Gasteiger partial charge in [0, 0.05) is 18.3 Å². The van der Waals surface area contributed by atoms with E-state index in [1.165, 1.54) is 18.2 Å². The van der Waals surface area contributed by atoms with E-state index in [4.69, 9.17) is 5.73 Å². The van der Waals surface area contributed by atoms with Crippen molar-refractivity contribution in [3.8, 4) is 0 Å². The second-order valence-electron chi connectivity index (χ2n) is 4.46. The van der Waals surface area contributed by atoms with Crippen molar-refractivity contribution in [1.29, 1.82) is 0 Å². The molecule has 1 atom stereocenters.